The van der Waals surface area contributed by atoms with Gasteiger partial charge in [-0.25, -0.2) is 4.39 Å². The van der Waals surface area contributed by atoms with Crippen LogP contribution in [0.5, 0.6) is 5.75 Å². The second-order valence-corrected chi connectivity index (χ2v) is 8.87. The average molecular weight is 476 g/mol. The largest absolute Gasteiger partial charge is 0.483 e. The van der Waals surface area contributed by atoms with Gasteiger partial charge in [-0.3, -0.25) is 14.4 Å². The number of aromatic nitrogens is 1. The van der Waals surface area contributed by atoms with Crippen LogP contribution in [-0.2, 0) is 13.2 Å². The highest BCUT2D eigenvalue weighted by Gasteiger charge is 2.41. The molecule has 8 heteroatoms. The van der Waals surface area contributed by atoms with E-state index in [4.69, 9.17) is 4.74 Å². The molecule has 2 amide bonds. The first-order valence-electron chi connectivity index (χ1n) is 11.8. The number of benzene rings is 2. The van der Waals surface area contributed by atoms with E-state index in [0.717, 1.165) is 31.2 Å². The molecule has 7 nitrogen and oxygen atoms in total. The molecule has 0 saturated carbocycles. The van der Waals surface area contributed by atoms with E-state index in [2.05, 4.69) is 5.32 Å². The van der Waals surface area contributed by atoms with Crippen molar-refractivity contribution in [1.29, 1.82) is 0 Å². The Morgan fingerprint density at radius 3 is 2.54 bits per heavy atom. The van der Waals surface area contributed by atoms with Crippen molar-refractivity contribution in [3.63, 3.8) is 0 Å². The van der Waals surface area contributed by atoms with Crippen molar-refractivity contribution in [3.05, 3.63) is 99.2 Å². The number of nitrogens with zero attached hydrogens (tertiary/aromatic N) is 2. The summed E-state index contributed by atoms with van der Waals surface area (Å²) in [6.45, 7) is 0.834. The van der Waals surface area contributed by atoms with Crippen LogP contribution in [0.4, 0.5) is 4.39 Å². The number of hydrogen-bond donors (Lipinski definition) is 1. The van der Waals surface area contributed by atoms with Gasteiger partial charge in [-0.05, 0) is 42.5 Å². The van der Waals surface area contributed by atoms with Gasteiger partial charge in [0.2, 0.25) is 5.43 Å². The predicted octanol–water partition coefficient (Wildman–Crippen LogP) is 4.02. The Bertz CT molecular complexity index is 1300. The van der Waals surface area contributed by atoms with Crippen molar-refractivity contribution in [1.82, 2.24) is 14.8 Å². The zero-order valence-electron chi connectivity index (χ0n) is 19.2. The highest BCUT2D eigenvalue weighted by molar-refractivity contribution is 6.00. The van der Waals surface area contributed by atoms with Crippen molar-refractivity contribution < 1.29 is 18.7 Å². The molecule has 0 spiro atoms. The summed E-state index contributed by atoms with van der Waals surface area (Å²) in [6, 6.07) is 15.1. The number of rotatable bonds is 6. The zero-order chi connectivity index (χ0) is 24.4. The standard InChI is InChI=1S/C27H26FN3O4/c28-20-12-10-18(11-13-20)15-29-26(33)21-16-31-22-9-5-2-6-14-30(22)27(34)23(31)25(24(21)32)35-17-19-7-3-1-4-8-19/h1,3-4,7-8,10-13,16,22H,2,5-6,9,14-15,17H2,(H,29,33). The van der Waals surface area contributed by atoms with Crippen molar-refractivity contribution in [2.75, 3.05) is 6.54 Å². The SMILES string of the molecule is O=C(NCc1ccc(F)cc1)c1cn2c(c(OCc3ccccc3)c1=O)C(=O)N1CCCCCC12. The van der Waals surface area contributed by atoms with Gasteiger partial charge >= 0.3 is 0 Å². The first-order chi connectivity index (χ1) is 17.0. The van der Waals surface area contributed by atoms with Crippen LogP contribution in [0.25, 0.3) is 0 Å². The topological polar surface area (TPSA) is 80.6 Å². The zero-order valence-corrected chi connectivity index (χ0v) is 19.2. The molecule has 2 aliphatic rings. The lowest BCUT2D eigenvalue weighted by molar-refractivity contribution is 0.0701. The van der Waals surface area contributed by atoms with Crippen LogP contribution in [0.1, 0.15) is 63.8 Å². The summed E-state index contributed by atoms with van der Waals surface area (Å²) in [7, 11) is 0. The number of halogens is 1. The van der Waals surface area contributed by atoms with Gasteiger partial charge in [0, 0.05) is 19.3 Å². The molecule has 1 fully saturated rings. The molecule has 2 aliphatic heterocycles. The predicted molar refractivity (Wildman–Crippen MR) is 128 cm³/mol. The third-order valence-electron chi connectivity index (χ3n) is 6.53. The molecular weight excluding hydrogens is 449 g/mol. The normalized spacial score (nSPS) is 16.9. The van der Waals surface area contributed by atoms with Crippen LogP contribution in [0, 0.1) is 5.82 Å². The Labute approximate surface area is 202 Å². The maximum atomic E-state index is 13.4. The quantitative estimate of drug-likeness (QED) is 0.584. The molecule has 0 radical (unpaired) electrons. The minimum absolute atomic E-state index is 0.0854. The first-order valence-corrected chi connectivity index (χ1v) is 11.8. The highest BCUT2D eigenvalue weighted by Crippen LogP contribution is 2.36. The Kier molecular flexibility index (Phi) is 6.35. The molecule has 35 heavy (non-hydrogen) atoms. The number of carbonyl (C=O) groups excluding carboxylic acids is 2. The Hall–Kier alpha value is -3.94. The molecule has 1 saturated heterocycles. The summed E-state index contributed by atoms with van der Waals surface area (Å²) in [5.74, 6) is -1.27. The fourth-order valence-corrected chi connectivity index (χ4v) is 4.71. The Morgan fingerprint density at radius 1 is 1.00 bits per heavy atom. The van der Waals surface area contributed by atoms with Crippen LogP contribution in [0.15, 0.2) is 65.6 Å². The first kappa shape index (κ1) is 22.8. The lowest BCUT2D eigenvalue weighted by Crippen LogP contribution is -2.31. The van der Waals surface area contributed by atoms with Crippen LogP contribution in [-0.4, -0.2) is 27.8 Å². The van der Waals surface area contributed by atoms with Gasteiger partial charge in [0.05, 0.1) is 0 Å². The maximum absolute atomic E-state index is 13.4. The van der Waals surface area contributed by atoms with Crippen LogP contribution in [0.3, 0.4) is 0 Å². The molecule has 3 aromatic rings. The Morgan fingerprint density at radius 2 is 1.77 bits per heavy atom. The van der Waals surface area contributed by atoms with E-state index in [9.17, 15) is 18.8 Å². The molecule has 1 unspecified atom stereocenters. The van der Waals surface area contributed by atoms with E-state index in [1.54, 1.807) is 21.6 Å². The van der Waals surface area contributed by atoms with Gasteiger partial charge in [-0.15, -0.1) is 0 Å². The fourth-order valence-electron chi connectivity index (χ4n) is 4.71. The third-order valence-corrected chi connectivity index (χ3v) is 6.53. The molecule has 0 aliphatic carbocycles. The van der Waals surface area contributed by atoms with E-state index in [1.165, 1.54) is 18.3 Å². The molecule has 1 N–H and O–H groups in total. The monoisotopic (exact) mass is 475 g/mol. The number of fused-ring (bicyclic) bond motifs is 3. The molecule has 1 aromatic heterocycles. The van der Waals surface area contributed by atoms with Crippen LogP contribution >= 0.6 is 0 Å². The molecular formula is C27H26FN3O4. The molecule has 5 rings (SSSR count). The molecule has 2 aromatic carbocycles. The van der Waals surface area contributed by atoms with Gasteiger partial charge in [-0.1, -0.05) is 48.9 Å². The Balaban J connectivity index is 1.50. The van der Waals surface area contributed by atoms with E-state index < -0.39 is 11.3 Å². The lowest BCUT2D eigenvalue weighted by atomic mass is 10.1. The average Bonchev–Trinajstić information content (AvgIpc) is 3.02. The lowest BCUT2D eigenvalue weighted by Gasteiger charge is -2.23. The molecule has 3 heterocycles. The van der Waals surface area contributed by atoms with E-state index >= 15 is 0 Å². The van der Waals surface area contributed by atoms with E-state index in [0.29, 0.717) is 12.1 Å². The number of ether oxygens (including phenoxy) is 1. The van der Waals surface area contributed by atoms with Gasteiger partial charge in [0.15, 0.2) is 11.4 Å². The summed E-state index contributed by atoms with van der Waals surface area (Å²) in [5.41, 5.74) is 1.05. The minimum Gasteiger partial charge on any atom is -0.483 e. The smallest absolute Gasteiger partial charge is 0.276 e. The number of hydrogen-bond acceptors (Lipinski definition) is 4. The van der Waals surface area contributed by atoms with Crippen LogP contribution in [0.2, 0.25) is 0 Å². The minimum atomic E-state index is -0.616. The summed E-state index contributed by atoms with van der Waals surface area (Å²) >= 11 is 0. The van der Waals surface area contributed by atoms with Gasteiger partial charge in [0.25, 0.3) is 11.8 Å². The summed E-state index contributed by atoms with van der Waals surface area (Å²) in [6.07, 6.45) is 4.86. The second-order valence-electron chi connectivity index (χ2n) is 8.87. The van der Waals surface area contributed by atoms with Gasteiger partial charge in [-0.2, -0.15) is 0 Å². The second kappa shape index (κ2) is 9.74. The number of amides is 2. The molecule has 1 atom stereocenters. The molecule has 180 valence electrons. The number of pyridine rings is 1. The third kappa shape index (κ3) is 4.56. The van der Waals surface area contributed by atoms with Crippen molar-refractivity contribution in [3.8, 4) is 5.75 Å². The van der Waals surface area contributed by atoms with E-state index in [1.807, 2.05) is 30.3 Å². The summed E-state index contributed by atoms with van der Waals surface area (Å²) in [4.78, 5) is 41.7. The fraction of sp³-hybridized carbons (Fsp3) is 0.296. The van der Waals surface area contributed by atoms with Crippen molar-refractivity contribution >= 4 is 11.8 Å². The van der Waals surface area contributed by atoms with Crippen molar-refractivity contribution in [2.45, 2.75) is 45.0 Å². The van der Waals surface area contributed by atoms with Crippen LogP contribution < -0.4 is 15.5 Å². The highest BCUT2D eigenvalue weighted by atomic mass is 19.1. The van der Waals surface area contributed by atoms with Gasteiger partial charge < -0.3 is 19.5 Å². The maximum Gasteiger partial charge on any atom is 0.276 e. The van der Waals surface area contributed by atoms with Crippen molar-refractivity contribution in [2.24, 2.45) is 0 Å². The van der Waals surface area contributed by atoms with Gasteiger partial charge in [0.1, 0.15) is 24.2 Å². The summed E-state index contributed by atoms with van der Waals surface area (Å²) < 4.78 is 20.9. The summed E-state index contributed by atoms with van der Waals surface area (Å²) in [5, 5.41) is 2.73. The molecule has 0 bridgehead atoms. The number of nitrogens with one attached hydrogen (secondary N) is 1. The number of carbonyl (C=O) groups is 2. The van der Waals surface area contributed by atoms with E-state index in [-0.39, 0.29) is 48.0 Å².